The first-order chi connectivity index (χ1) is 15.4. The molecule has 0 fully saturated rings. The molecule has 7 heteroatoms. The summed E-state index contributed by atoms with van der Waals surface area (Å²) < 4.78 is 10.7. The van der Waals surface area contributed by atoms with Gasteiger partial charge in [-0.1, -0.05) is 24.3 Å². The lowest BCUT2D eigenvalue weighted by Crippen LogP contribution is -2.12. The summed E-state index contributed by atoms with van der Waals surface area (Å²) in [6.45, 7) is 0. The van der Waals surface area contributed by atoms with E-state index in [9.17, 15) is 24.9 Å². The van der Waals surface area contributed by atoms with Gasteiger partial charge in [0.05, 0.1) is 24.5 Å². The van der Waals surface area contributed by atoms with Crippen molar-refractivity contribution in [3.8, 4) is 28.4 Å². The Bertz CT molecular complexity index is 1350. The van der Waals surface area contributed by atoms with Gasteiger partial charge in [0.25, 0.3) is 0 Å². The molecule has 162 valence electrons. The van der Waals surface area contributed by atoms with Gasteiger partial charge in [-0.15, -0.1) is 0 Å². The molecule has 1 atom stereocenters. The molecular formula is C25H20O7. The number of carbonyl (C=O) groups excluding carboxylic acids is 1. The number of fused-ring (bicyclic) bond motifs is 1. The smallest absolute Gasteiger partial charge is 0.306 e. The van der Waals surface area contributed by atoms with E-state index in [1.54, 1.807) is 24.3 Å². The van der Waals surface area contributed by atoms with Crippen molar-refractivity contribution in [2.45, 2.75) is 12.3 Å². The third kappa shape index (κ3) is 3.88. The summed E-state index contributed by atoms with van der Waals surface area (Å²) in [7, 11) is 1.26. The number of benzene rings is 3. The molecule has 0 aliphatic heterocycles. The topological polar surface area (TPSA) is 117 Å². The highest BCUT2D eigenvalue weighted by Crippen LogP contribution is 2.40. The monoisotopic (exact) mass is 432 g/mol. The zero-order valence-corrected chi connectivity index (χ0v) is 17.1. The van der Waals surface area contributed by atoms with E-state index in [0.29, 0.717) is 11.1 Å². The van der Waals surface area contributed by atoms with Gasteiger partial charge in [0, 0.05) is 11.5 Å². The van der Waals surface area contributed by atoms with Crippen molar-refractivity contribution in [3.05, 3.63) is 88.3 Å². The molecule has 3 aromatic carbocycles. The van der Waals surface area contributed by atoms with Gasteiger partial charge in [0.2, 0.25) is 5.43 Å². The number of phenolic OH excluding ortho intramolecular Hbond substituents is 3. The molecule has 0 amide bonds. The number of rotatable bonds is 5. The number of carbonyl (C=O) groups is 1. The first-order valence-corrected chi connectivity index (χ1v) is 9.81. The third-order valence-electron chi connectivity index (χ3n) is 5.35. The summed E-state index contributed by atoms with van der Waals surface area (Å²) >= 11 is 0. The summed E-state index contributed by atoms with van der Waals surface area (Å²) in [5.41, 5.74) is 1.44. The fourth-order valence-electron chi connectivity index (χ4n) is 3.77. The van der Waals surface area contributed by atoms with Gasteiger partial charge in [0.15, 0.2) is 0 Å². The number of esters is 1. The largest absolute Gasteiger partial charge is 0.508 e. The summed E-state index contributed by atoms with van der Waals surface area (Å²) in [6, 6.07) is 15.3. The second-order valence-electron chi connectivity index (χ2n) is 7.33. The summed E-state index contributed by atoms with van der Waals surface area (Å²) in [5, 5.41) is 30.4. The van der Waals surface area contributed by atoms with E-state index in [4.69, 9.17) is 9.15 Å². The second-order valence-corrected chi connectivity index (χ2v) is 7.33. The molecule has 0 bridgehead atoms. The van der Waals surface area contributed by atoms with Gasteiger partial charge >= 0.3 is 5.97 Å². The van der Waals surface area contributed by atoms with Crippen LogP contribution in [0.3, 0.4) is 0 Å². The van der Waals surface area contributed by atoms with Gasteiger partial charge in [-0.3, -0.25) is 9.59 Å². The van der Waals surface area contributed by atoms with Crippen molar-refractivity contribution < 1.29 is 29.3 Å². The Balaban J connectivity index is 1.94. The zero-order valence-electron chi connectivity index (χ0n) is 17.1. The third-order valence-corrected chi connectivity index (χ3v) is 5.35. The van der Waals surface area contributed by atoms with Gasteiger partial charge in [-0.05, 0) is 47.5 Å². The molecule has 0 radical (unpaired) electrons. The summed E-state index contributed by atoms with van der Waals surface area (Å²) in [6.07, 6.45) is 1.15. The molecule has 0 aliphatic rings. The fraction of sp³-hybridized carbons (Fsp3) is 0.120. The standard InChI is InChI=1S/C25H20O7/c1-31-22(29)12-19(15-3-2-4-17(27)11-15)23-21(28)10-9-18-24(30)20(13-32-25(18)23)14-5-7-16(26)8-6-14/h2-11,13,19,26-28H,12H2,1H3. The SMILES string of the molecule is COC(=O)CC(c1cccc(O)c1)c1c(O)ccc2c(=O)c(-c3ccc(O)cc3)coc12. The van der Waals surface area contributed by atoms with Crippen LogP contribution in [0.15, 0.2) is 76.1 Å². The van der Waals surface area contributed by atoms with E-state index in [1.165, 1.54) is 49.8 Å². The molecule has 0 aliphatic carbocycles. The molecule has 1 unspecified atom stereocenters. The Labute approximate surface area is 182 Å². The van der Waals surface area contributed by atoms with Crippen molar-refractivity contribution in [3.63, 3.8) is 0 Å². The quantitative estimate of drug-likeness (QED) is 0.403. The lowest BCUT2D eigenvalue weighted by Gasteiger charge is -2.19. The molecule has 32 heavy (non-hydrogen) atoms. The highest BCUT2D eigenvalue weighted by molar-refractivity contribution is 5.87. The van der Waals surface area contributed by atoms with Crippen LogP contribution in [-0.4, -0.2) is 28.4 Å². The average Bonchev–Trinajstić information content (AvgIpc) is 2.78. The van der Waals surface area contributed by atoms with Crippen molar-refractivity contribution in [2.75, 3.05) is 7.11 Å². The van der Waals surface area contributed by atoms with Crippen molar-refractivity contribution in [1.29, 1.82) is 0 Å². The summed E-state index contributed by atoms with van der Waals surface area (Å²) in [5.74, 6) is -1.36. The van der Waals surface area contributed by atoms with Crippen LogP contribution in [0.2, 0.25) is 0 Å². The van der Waals surface area contributed by atoms with Crippen LogP contribution >= 0.6 is 0 Å². The molecule has 4 rings (SSSR count). The molecule has 0 spiro atoms. The Hall–Kier alpha value is -4.26. The maximum atomic E-state index is 13.2. The molecule has 0 saturated heterocycles. The van der Waals surface area contributed by atoms with Crippen molar-refractivity contribution >= 4 is 16.9 Å². The minimum Gasteiger partial charge on any atom is -0.508 e. The number of ether oxygens (including phenoxy) is 1. The molecule has 7 nitrogen and oxygen atoms in total. The van der Waals surface area contributed by atoms with Gasteiger partial charge in [-0.25, -0.2) is 0 Å². The van der Waals surface area contributed by atoms with Crippen LogP contribution in [0.5, 0.6) is 17.2 Å². The molecule has 0 saturated carbocycles. The molecule has 1 heterocycles. The Morgan fingerprint density at radius 3 is 2.44 bits per heavy atom. The van der Waals surface area contributed by atoms with Crippen LogP contribution in [0.1, 0.15) is 23.5 Å². The van der Waals surface area contributed by atoms with E-state index in [2.05, 4.69) is 0 Å². The lowest BCUT2D eigenvalue weighted by molar-refractivity contribution is -0.140. The number of phenols is 3. The van der Waals surface area contributed by atoms with E-state index in [-0.39, 0.29) is 51.2 Å². The first kappa shape index (κ1) is 21.0. The minimum absolute atomic E-state index is 0.00633. The molecular weight excluding hydrogens is 412 g/mol. The predicted octanol–water partition coefficient (Wildman–Crippen LogP) is 4.27. The van der Waals surface area contributed by atoms with Crippen LogP contribution in [0.25, 0.3) is 22.1 Å². The second kappa shape index (κ2) is 8.47. The number of hydrogen-bond donors (Lipinski definition) is 3. The number of hydrogen-bond acceptors (Lipinski definition) is 7. The van der Waals surface area contributed by atoms with Crippen LogP contribution in [-0.2, 0) is 9.53 Å². The van der Waals surface area contributed by atoms with E-state index in [0.717, 1.165) is 0 Å². The Morgan fingerprint density at radius 2 is 1.75 bits per heavy atom. The minimum atomic E-state index is -0.735. The van der Waals surface area contributed by atoms with Crippen molar-refractivity contribution in [1.82, 2.24) is 0 Å². The van der Waals surface area contributed by atoms with Crippen LogP contribution in [0.4, 0.5) is 0 Å². The Morgan fingerprint density at radius 1 is 1.00 bits per heavy atom. The van der Waals surface area contributed by atoms with Gasteiger partial charge < -0.3 is 24.5 Å². The van der Waals surface area contributed by atoms with Crippen LogP contribution < -0.4 is 5.43 Å². The van der Waals surface area contributed by atoms with Crippen LogP contribution in [0, 0.1) is 0 Å². The first-order valence-electron chi connectivity index (χ1n) is 9.81. The van der Waals surface area contributed by atoms with E-state index >= 15 is 0 Å². The zero-order chi connectivity index (χ0) is 22.8. The molecule has 1 aromatic heterocycles. The lowest BCUT2D eigenvalue weighted by atomic mass is 9.86. The number of methoxy groups -OCH3 is 1. The van der Waals surface area contributed by atoms with E-state index < -0.39 is 11.9 Å². The fourth-order valence-corrected chi connectivity index (χ4v) is 3.77. The highest BCUT2D eigenvalue weighted by atomic mass is 16.5. The average molecular weight is 432 g/mol. The van der Waals surface area contributed by atoms with Crippen molar-refractivity contribution in [2.24, 2.45) is 0 Å². The van der Waals surface area contributed by atoms with Gasteiger partial charge in [-0.2, -0.15) is 0 Å². The van der Waals surface area contributed by atoms with E-state index in [1.807, 2.05) is 0 Å². The highest BCUT2D eigenvalue weighted by Gasteiger charge is 2.27. The normalized spacial score (nSPS) is 11.9. The molecule has 3 N–H and O–H groups in total. The molecule has 4 aromatic rings. The predicted molar refractivity (Wildman–Crippen MR) is 118 cm³/mol. The number of aromatic hydroxyl groups is 3. The maximum Gasteiger partial charge on any atom is 0.306 e. The Kier molecular flexibility index (Phi) is 5.55. The van der Waals surface area contributed by atoms with Gasteiger partial charge in [0.1, 0.15) is 29.1 Å². The maximum absolute atomic E-state index is 13.2. The summed E-state index contributed by atoms with van der Waals surface area (Å²) in [4.78, 5) is 25.4.